The highest BCUT2D eigenvalue weighted by Gasteiger charge is 2.37. The maximum atomic E-state index is 13.7. The van der Waals surface area contributed by atoms with Crippen molar-refractivity contribution in [3.63, 3.8) is 0 Å². The van der Waals surface area contributed by atoms with Gasteiger partial charge in [-0.05, 0) is 66.8 Å². The van der Waals surface area contributed by atoms with Crippen LogP contribution in [0.2, 0.25) is 10.0 Å². The monoisotopic (exact) mass is 944 g/mol. The van der Waals surface area contributed by atoms with E-state index in [1.54, 1.807) is 6.07 Å². The number of hydrogen-bond acceptors (Lipinski definition) is 8. The number of esters is 2. The van der Waals surface area contributed by atoms with Crippen LogP contribution in [0.3, 0.4) is 0 Å². The van der Waals surface area contributed by atoms with Crippen LogP contribution >= 0.6 is 35.6 Å². The number of pyridine rings is 2. The number of nitrogens with zero attached hydrogens (tertiary/aromatic N) is 2. The third-order valence-corrected chi connectivity index (χ3v) is 10.4. The molecule has 0 saturated carbocycles. The molecule has 5 aromatic rings. The number of alkyl halides is 6. The second kappa shape index (κ2) is 21.2. The highest BCUT2D eigenvalue weighted by Crippen LogP contribution is 2.37. The first kappa shape index (κ1) is 51.7. The van der Waals surface area contributed by atoms with E-state index in [4.69, 9.17) is 33.7 Å². The average molecular weight is 946 g/mol. The summed E-state index contributed by atoms with van der Waals surface area (Å²) in [6, 6.07) is 15.9. The van der Waals surface area contributed by atoms with Crippen molar-refractivity contribution in [3.05, 3.63) is 149 Å². The van der Waals surface area contributed by atoms with Gasteiger partial charge in [0.2, 0.25) is 0 Å². The van der Waals surface area contributed by atoms with Crippen molar-refractivity contribution in [2.24, 2.45) is 19.8 Å². The number of rotatable bonds is 10. The molecule has 0 aliphatic carbocycles. The van der Waals surface area contributed by atoms with E-state index < -0.39 is 75.7 Å². The van der Waals surface area contributed by atoms with Crippen molar-refractivity contribution in [1.29, 1.82) is 0 Å². The van der Waals surface area contributed by atoms with Gasteiger partial charge >= 0.3 is 24.3 Å². The number of aromatic nitrogens is 2. The Morgan fingerprint density at radius 1 is 0.683 bits per heavy atom. The van der Waals surface area contributed by atoms with Gasteiger partial charge in [0.1, 0.15) is 12.1 Å². The minimum atomic E-state index is -4.73. The summed E-state index contributed by atoms with van der Waals surface area (Å²) in [7, 11) is 5.19. The fourth-order valence-electron chi connectivity index (χ4n) is 6.27. The summed E-state index contributed by atoms with van der Waals surface area (Å²) >= 11 is 12.1. The highest BCUT2D eigenvalue weighted by atomic mass is 35.5. The normalized spacial score (nSPS) is 12.2. The zero-order chi connectivity index (χ0) is 46.4. The molecule has 0 aliphatic heterocycles. The Bertz CT molecular complexity index is 2580. The minimum absolute atomic E-state index is 0. The second-order valence-corrected chi connectivity index (χ2v) is 14.8. The molecular formula is C43H41Cl3F6N4O7. The molecule has 2 atom stereocenters. The van der Waals surface area contributed by atoms with Crippen molar-refractivity contribution < 1.29 is 50.2 Å². The zero-order valence-corrected chi connectivity index (χ0v) is 36.7. The molecule has 0 fully saturated rings. The van der Waals surface area contributed by atoms with Crippen molar-refractivity contribution in [1.82, 2.24) is 14.5 Å². The molecule has 3 N–H and O–H groups in total. The topological polar surface area (TPSA) is 152 Å². The SMILES string of the molecule is COC(=O)C(Cc1ccc(-c2c(C(F)(F)F)cc(C)n(C)c2=O)cc1)NC(=O)c1c(Cl)cccc1Cl.COC(=O)C(N)Cc1ccc(-c2c(C(F)(F)F)cc(C)n(C)c2=O)cc1.Cl. The Hall–Kier alpha value is -5.62. The molecule has 5 rings (SSSR count). The standard InChI is InChI=1S/C25H21Cl2F3N2O4.C18H19F3N2O3.ClH/c1-13-11-16(25(28,29)30)20(23(34)32(13)2)15-9-7-14(8-10-15)12-19(24(35)36-3)31-22(33)21-17(26)5-4-6-18(21)27;1-10-8-13(18(19,20)21)15(16(24)23(10)2)12-6-4-11(5-7-12)9-14(22)17(25)26-3;/h4-11,19H,12H2,1-3H3,(H,31,33);4-8,14H,9,22H2,1-3H3;1H. The molecule has 0 spiro atoms. The average Bonchev–Trinajstić information content (AvgIpc) is 3.21. The van der Waals surface area contributed by atoms with Crippen LogP contribution < -0.4 is 22.2 Å². The van der Waals surface area contributed by atoms with Crippen LogP contribution in [0, 0.1) is 13.8 Å². The van der Waals surface area contributed by atoms with E-state index in [0.29, 0.717) is 11.1 Å². The lowest BCUT2D eigenvalue weighted by atomic mass is 9.97. The molecule has 63 heavy (non-hydrogen) atoms. The van der Waals surface area contributed by atoms with Gasteiger partial charge < -0.3 is 29.7 Å². The molecule has 20 heteroatoms. The Kier molecular flexibility index (Phi) is 17.4. The lowest BCUT2D eigenvalue weighted by molar-refractivity contribution is -0.143. The quantitative estimate of drug-likeness (QED) is 0.106. The Morgan fingerprint density at radius 3 is 1.43 bits per heavy atom. The third kappa shape index (κ3) is 12.3. The van der Waals surface area contributed by atoms with Gasteiger partial charge in [-0.25, -0.2) is 4.79 Å². The maximum absolute atomic E-state index is 13.7. The van der Waals surface area contributed by atoms with Crippen LogP contribution in [0.5, 0.6) is 0 Å². The molecule has 0 radical (unpaired) electrons. The number of ether oxygens (including phenoxy) is 2. The van der Waals surface area contributed by atoms with Gasteiger partial charge in [-0.15, -0.1) is 12.4 Å². The first-order chi connectivity index (χ1) is 28.9. The smallest absolute Gasteiger partial charge is 0.417 e. The van der Waals surface area contributed by atoms with E-state index in [0.717, 1.165) is 23.8 Å². The van der Waals surface area contributed by atoms with Gasteiger partial charge in [-0.1, -0.05) is 77.8 Å². The molecule has 0 saturated heterocycles. The van der Waals surface area contributed by atoms with E-state index in [2.05, 4.69) is 10.1 Å². The molecular weight excluding hydrogens is 905 g/mol. The molecule has 0 aliphatic rings. The van der Waals surface area contributed by atoms with Crippen LogP contribution in [-0.2, 0) is 58.4 Å². The summed E-state index contributed by atoms with van der Waals surface area (Å²) in [4.78, 5) is 61.6. The van der Waals surface area contributed by atoms with Gasteiger partial charge in [0.25, 0.3) is 17.0 Å². The zero-order valence-electron chi connectivity index (χ0n) is 34.3. The van der Waals surface area contributed by atoms with E-state index in [1.807, 2.05) is 0 Å². The maximum Gasteiger partial charge on any atom is 0.417 e. The largest absolute Gasteiger partial charge is 0.468 e. The van der Waals surface area contributed by atoms with Crippen LogP contribution in [0.4, 0.5) is 26.3 Å². The molecule has 11 nitrogen and oxygen atoms in total. The number of aryl methyl sites for hydroxylation is 2. The Morgan fingerprint density at radius 2 is 1.06 bits per heavy atom. The van der Waals surface area contributed by atoms with Crippen molar-refractivity contribution in [2.75, 3.05) is 14.2 Å². The molecule has 2 heterocycles. The number of carbonyl (C=O) groups excluding carboxylic acids is 3. The number of benzene rings is 3. The molecule has 1 amide bonds. The van der Waals surface area contributed by atoms with Crippen molar-refractivity contribution in [3.8, 4) is 22.3 Å². The third-order valence-electron chi connectivity index (χ3n) is 9.82. The molecule has 338 valence electrons. The number of amides is 1. The summed E-state index contributed by atoms with van der Waals surface area (Å²) in [5, 5.41) is 2.71. The van der Waals surface area contributed by atoms with Gasteiger partial charge in [0, 0.05) is 31.9 Å². The van der Waals surface area contributed by atoms with E-state index in [-0.39, 0.29) is 63.4 Å². The number of nitrogens with two attached hydrogens (primary N) is 1. The molecule has 2 unspecified atom stereocenters. The predicted molar refractivity (Wildman–Crippen MR) is 228 cm³/mol. The van der Waals surface area contributed by atoms with Crippen LogP contribution in [0.15, 0.2) is 88.5 Å². The van der Waals surface area contributed by atoms with Crippen LogP contribution in [0.1, 0.15) is 44.0 Å². The minimum Gasteiger partial charge on any atom is -0.468 e. The molecule has 0 bridgehead atoms. The fourth-order valence-corrected chi connectivity index (χ4v) is 6.84. The lowest BCUT2D eigenvalue weighted by Gasteiger charge is -2.18. The van der Waals surface area contributed by atoms with Crippen molar-refractivity contribution in [2.45, 2.75) is 51.1 Å². The summed E-state index contributed by atoms with van der Waals surface area (Å²) in [5.74, 6) is -2.03. The fraction of sp³-hybridized carbons (Fsp3) is 0.279. The lowest BCUT2D eigenvalue weighted by Crippen LogP contribution is -2.43. The number of hydrogen-bond donors (Lipinski definition) is 2. The first-order valence-electron chi connectivity index (χ1n) is 18.3. The summed E-state index contributed by atoms with van der Waals surface area (Å²) in [6.45, 7) is 2.86. The second-order valence-electron chi connectivity index (χ2n) is 14.0. The summed E-state index contributed by atoms with van der Waals surface area (Å²) < 4.78 is 92.8. The molecule has 2 aromatic heterocycles. The van der Waals surface area contributed by atoms with Gasteiger partial charge in [-0.2, -0.15) is 26.3 Å². The van der Waals surface area contributed by atoms with Crippen molar-refractivity contribution >= 4 is 53.5 Å². The Labute approximate surface area is 373 Å². The predicted octanol–water partition coefficient (Wildman–Crippen LogP) is 8.04. The van der Waals surface area contributed by atoms with E-state index in [1.165, 1.54) is 100 Å². The number of methoxy groups -OCH3 is 2. The van der Waals surface area contributed by atoms with Crippen LogP contribution in [0.25, 0.3) is 22.3 Å². The van der Waals surface area contributed by atoms with E-state index >= 15 is 0 Å². The summed E-state index contributed by atoms with van der Waals surface area (Å²) in [5.41, 5.74) is 2.99. The number of nitrogens with one attached hydrogen (secondary N) is 1. The van der Waals surface area contributed by atoms with Crippen LogP contribution in [-0.4, -0.2) is 53.3 Å². The van der Waals surface area contributed by atoms with Gasteiger partial charge in [-0.3, -0.25) is 19.2 Å². The first-order valence-corrected chi connectivity index (χ1v) is 19.1. The Balaban J connectivity index is 0.000000347. The van der Waals surface area contributed by atoms with E-state index in [9.17, 15) is 50.3 Å². The highest BCUT2D eigenvalue weighted by molar-refractivity contribution is 6.39. The molecule has 3 aromatic carbocycles. The summed E-state index contributed by atoms with van der Waals surface area (Å²) in [6.07, 6.45) is -9.25. The number of halogens is 9. The van der Waals surface area contributed by atoms with Gasteiger partial charge in [0.05, 0.1) is 52.1 Å². The van der Waals surface area contributed by atoms with Gasteiger partial charge in [0.15, 0.2) is 0 Å². The number of carbonyl (C=O) groups is 3.